The fourth-order valence-electron chi connectivity index (χ4n) is 0.745. The first-order valence-electron chi connectivity index (χ1n) is 5.55. The van der Waals surface area contributed by atoms with E-state index in [0.717, 1.165) is 26.4 Å². The summed E-state index contributed by atoms with van der Waals surface area (Å²) >= 11 is 0. The van der Waals surface area contributed by atoms with Gasteiger partial charge in [0.15, 0.2) is 0 Å². The van der Waals surface area contributed by atoms with Gasteiger partial charge in [0.25, 0.3) is 6.47 Å². The van der Waals surface area contributed by atoms with Gasteiger partial charge in [-0.1, -0.05) is 6.92 Å². The van der Waals surface area contributed by atoms with E-state index in [2.05, 4.69) is 11.7 Å². The van der Waals surface area contributed by atoms with E-state index in [1.165, 1.54) is 0 Å². The first kappa shape index (κ1) is 21.4. The van der Waals surface area contributed by atoms with Crippen LogP contribution >= 0.6 is 0 Å². The number of carbonyl (C=O) groups excluding carboxylic acids is 2. The zero-order valence-electron chi connectivity index (χ0n) is 11.9. The predicted molar refractivity (Wildman–Crippen MR) is 68.9 cm³/mol. The van der Waals surface area contributed by atoms with Crippen molar-refractivity contribution in [1.82, 2.24) is 4.90 Å². The van der Waals surface area contributed by atoms with Gasteiger partial charge in [0.1, 0.15) is 11.9 Å². The summed E-state index contributed by atoms with van der Waals surface area (Å²) in [4.78, 5) is 21.4. The number of likely N-dealkylation sites (N-methyl/N-ethyl adjacent to an activating group) is 1. The molecule has 0 heterocycles. The molecule has 17 heavy (non-hydrogen) atoms. The molecule has 0 aromatic rings. The molecule has 0 aromatic carbocycles. The van der Waals surface area contributed by atoms with Gasteiger partial charge in [-0.25, -0.2) is 0 Å². The van der Waals surface area contributed by atoms with E-state index < -0.39 is 0 Å². The van der Waals surface area contributed by atoms with E-state index in [1.54, 1.807) is 0 Å². The van der Waals surface area contributed by atoms with Gasteiger partial charge in [-0.15, -0.1) is 0 Å². The summed E-state index contributed by atoms with van der Waals surface area (Å²) in [6, 6.07) is 0. The summed E-state index contributed by atoms with van der Waals surface area (Å²) in [6.45, 7) is 9.60. The average molecular weight is 249 g/mol. The van der Waals surface area contributed by atoms with Gasteiger partial charge >= 0.3 is 0 Å². The Morgan fingerprint density at radius 2 is 1.71 bits per heavy atom. The van der Waals surface area contributed by atoms with Crippen molar-refractivity contribution in [3.63, 3.8) is 0 Å². The number of rotatable bonds is 5. The highest BCUT2D eigenvalue weighted by molar-refractivity contribution is 5.51. The largest absolute Gasteiger partial charge is 0.462 e. The van der Waals surface area contributed by atoms with E-state index in [9.17, 15) is 9.59 Å². The van der Waals surface area contributed by atoms with Crippen molar-refractivity contribution in [3.05, 3.63) is 0 Å². The zero-order valence-corrected chi connectivity index (χ0v) is 11.9. The van der Waals surface area contributed by atoms with Crippen LogP contribution in [0.15, 0.2) is 0 Å². The van der Waals surface area contributed by atoms with Gasteiger partial charge in [-0.3, -0.25) is 9.69 Å². The van der Waals surface area contributed by atoms with Crippen molar-refractivity contribution >= 4 is 12.8 Å². The molecule has 5 nitrogen and oxygen atoms in total. The molecule has 0 aliphatic heterocycles. The molecule has 0 radical (unpaired) electrons. The molecule has 1 N–H and O–H groups in total. The summed E-state index contributed by atoms with van der Waals surface area (Å²) < 4.78 is 4.55. The molecule has 0 bridgehead atoms. The van der Waals surface area contributed by atoms with Gasteiger partial charge in [-0.2, -0.15) is 0 Å². The highest BCUT2D eigenvalue weighted by Crippen LogP contribution is 2.02. The van der Waals surface area contributed by atoms with Crippen LogP contribution < -0.4 is 0 Å². The quantitative estimate of drug-likeness (QED) is 0.739. The fraction of sp³-hybridized carbons (Fsp3) is 0.833. The fourth-order valence-corrected chi connectivity index (χ4v) is 0.745. The summed E-state index contributed by atoms with van der Waals surface area (Å²) in [7, 11) is 2.94. The smallest absolute Gasteiger partial charge is 0.293 e. The topological polar surface area (TPSA) is 66.8 Å². The number of nitrogens with zero attached hydrogens (tertiary/aromatic N) is 1. The second-order valence-corrected chi connectivity index (χ2v) is 4.26. The van der Waals surface area contributed by atoms with E-state index in [4.69, 9.17) is 5.11 Å². The molecule has 0 unspecified atom stereocenters. The SMILES string of the molecule is CC(C)(C)OC=O.CCCN(C)CC=O.CO. The molecule has 0 aromatic heterocycles. The Morgan fingerprint density at radius 1 is 1.24 bits per heavy atom. The van der Waals surface area contributed by atoms with Gasteiger partial charge in [0.2, 0.25) is 0 Å². The summed E-state index contributed by atoms with van der Waals surface area (Å²) in [5.41, 5.74) is -0.318. The maximum absolute atomic E-state index is 9.85. The van der Waals surface area contributed by atoms with Crippen LogP contribution in [-0.4, -0.2) is 55.6 Å². The summed E-state index contributed by atoms with van der Waals surface area (Å²) in [5, 5.41) is 7.00. The first-order valence-corrected chi connectivity index (χ1v) is 5.55. The minimum atomic E-state index is -0.318. The number of hydrogen-bond donors (Lipinski definition) is 1. The minimum absolute atomic E-state index is 0.318. The van der Waals surface area contributed by atoms with Crippen molar-refractivity contribution in [3.8, 4) is 0 Å². The van der Waals surface area contributed by atoms with Crippen molar-refractivity contribution in [2.24, 2.45) is 0 Å². The minimum Gasteiger partial charge on any atom is -0.462 e. The Bertz CT molecular complexity index is 166. The van der Waals surface area contributed by atoms with Crippen LogP contribution in [0.4, 0.5) is 0 Å². The molecular weight excluding hydrogens is 222 g/mol. The van der Waals surface area contributed by atoms with Crippen LogP contribution in [0.1, 0.15) is 34.1 Å². The molecule has 0 fully saturated rings. The lowest BCUT2D eigenvalue weighted by molar-refractivity contribution is -0.138. The molecule has 0 saturated heterocycles. The zero-order chi connectivity index (χ0) is 14.3. The van der Waals surface area contributed by atoms with Crippen LogP contribution in [-0.2, 0) is 14.3 Å². The Balaban J connectivity index is -0.000000202. The number of aldehydes is 1. The van der Waals surface area contributed by atoms with Crippen LogP contribution in [0.5, 0.6) is 0 Å². The molecule has 0 aliphatic rings. The lowest BCUT2D eigenvalue weighted by Crippen LogP contribution is -2.20. The van der Waals surface area contributed by atoms with Gasteiger partial charge in [0, 0.05) is 7.11 Å². The van der Waals surface area contributed by atoms with Crippen LogP contribution in [0, 0.1) is 0 Å². The lowest BCUT2D eigenvalue weighted by Gasteiger charge is -2.14. The molecule has 0 rings (SSSR count). The number of ether oxygens (including phenoxy) is 1. The maximum atomic E-state index is 9.85. The van der Waals surface area contributed by atoms with E-state index >= 15 is 0 Å². The van der Waals surface area contributed by atoms with E-state index in [1.807, 2.05) is 32.7 Å². The molecule has 0 spiro atoms. The van der Waals surface area contributed by atoms with Gasteiger partial charge in [-0.05, 0) is 40.8 Å². The van der Waals surface area contributed by atoms with Crippen LogP contribution in [0.25, 0.3) is 0 Å². The normalized spacial score (nSPS) is 9.41. The van der Waals surface area contributed by atoms with Gasteiger partial charge in [0.05, 0.1) is 6.54 Å². The standard InChI is InChI=1S/C6H13NO.C5H10O2.CH4O/c1-3-4-7(2)5-6-8;1-5(2,3)7-4-6;1-2/h6H,3-5H2,1-2H3;4H,1-3H3;2H,1H3. The third-order valence-corrected chi connectivity index (χ3v) is 1.39. The number of hydrogen-bond acceptors (Lipinski definition) is 5. The predicted octanol–water partition coefficient (Wildman–Crippen LogP) is 1.09. The average Bonchev–Trinajstić information content (AvgIpc) is 2.20. The third kappa shape index (κ3) is 31.3. The van der Waals surface area contributed by atoms with Crippen LogP contribution in [0.3, 0.4) is 0 Å². The first-order chi connectivity index (χ1) is 7.87. The molecule has 0 atom stereocenters. The number of aliphatic hydroxyl groups is 1. The van der Waals surface area contributed by atoms with Crippen molar-refractivity contribution in [2.75, 3.05) is 27.2 Å². The molecule has 104 valence electrons. The molecule has 0 saturated carbocycles. The van der Waals surface area contributed by atoms with Crippen molar-refractivity contribution in [1.29, 1.82) is 0 Å². The lowest BCUT2D eigenvalue weighted by atomic mass is 10.2. The second-order valence-electron chi connectivity index (χ2n) is 4.26. The Morgan fingerprint density at radius 3 is 1.88 bits per heavy atom. The molecule has 0 amide bonds. The van der Waals surface area contributed by atoms with E-state index in [-0.39, 0.29) is 5.60 Å². The van der Waals surface area contributed by atoms with Crippen molar-refractivity contribution in [2.45, 2.75) is 39.7 Å². The maximum Gasteiger partial charge on any atom is 0.293 e. The number of carbonyl (C=O) groups is 2. The summed E-state index contributed by atoms with van der Waals surface area (Å²) in [6.07, 6.45) is 2.04. The Kier molecular flexibility index (Phi) is 18.9. The third-order valence-electron chi connectivity index (χ3n) is 1.39. The monoisotopic (exact) mass is 249 g/mol. The second kappa shape index (κ2) is 15.1. The van der Waals surface area contributed by atoms with E-state index in [0.29, 0.717) is 13.0 Å². The molecule has 5 heteroatoms. The Labute approximate surface area is 105 Å². The summed E-state index contributed by atoms with van der Waals surface area (Å²) in [5.74, 6) is 0. The molecular formula is C12H27NO4. The Hall–Kier alpha value is -0.940. The highest BCUT2D eigenvalue weighted by Gasteiger charge is 2.07. The van der Waals surface area contributed by atoms with Crippen molar-refractivity contribution < 1.29 is 19.4 Å². The van der Waals surface area contributed by atoms with Crippen LogP contribution in [0.2, 0.25) is 0 Å². The highest BCUT2D eigenvalue weighted by atomic mass is 16.5. The molecule has 0 aliphatic carbocycles. The number of aliphatic hydroxyl groups excluding tert-OH is 1. The van der Waals surface area contributed by atoms with Gasteiger partial charge < -0.3 is 14.6 Å².